The summed E-state index contributed by atoms with van der Waals surface area (Å²) in [5, 5.41) is 4.33. The zero-order valence-corrected chi connectivity index (χ0v) is 20.4. The number of ketones is 1. The summed E-state index contributed by atoms with van der Waals surface area (Å²) >= 11 is 3.13. The second kappa shape index (κ2) is 9.72. The fourth-order valence-corrected chi connectivity index (χ4v) is 4.79. The van der Waals surface area contributed by atoms with Crippen LogP contribution in [-0.2, 0) is 25.0 Å². The van der Waals surface area contributed by atoms with Crippen LogP contribution in [0.2, 0.25) is 0 Å². The summed E-state index contributed by atoms with van der Waals surface area (Å²) in [4.78, 5) is 24.9. The van der Waals surface area contributed by atoms with Crippen LogP contribution in [0.3, 0.4) is 0 Å². The van der Waals surface area contributed by atoms with Crippen LogP contribution in [0.5, 0.6) is 0 Å². The van der Waals surface area contributed by atoms with Gasteiger partial charge in [0.2, 0.25) is 11.4 Å². The molecule has 1 amide bonds. The van der Waals surface area contributed by atoms with Crippen molar-refractivity contribution in [1.82, 2.24) is 10.6 Å². The van der Waals surface area contributed by atoms with Crippen molar-refractivity contribution in [2.75, 3.05) is 11.5 Å². The highest BCUT2D eigenvalue weighted by Gasteiger charge is 2.57. The van der Waals surface area contributed by atoms with Crippen LogP contribution < -0.4 is 10.6 Å². The fourth-order valence-electron chi connectivity index (χ4n) is 3.29. The first kappa shape index (κ1) is 27.3. The molecule has 33 heavy (non-hydrogen) atoms. The normalized spacial score (nSPS) is 26.4. The van der Waals surface area contributed by atoms with E-state index < -0.39 is 74.5 Å². The summed E-state index contributed by atoms with van der Waals surface area (Å²) in [5.74, 6) is 0.365. The van der Waals surface area contributed by atoms with Gasteiger partial charge in [-0.05, 0) is 38.5 Å². The molecule has 2 N–H and O–H groups in total. The van der Waals surface area contributed by atoms with Gasteiger partial charge in [0.15, 0.2) is 15.6 Å². The summed E-state index contributed by atoms with van der Waals surface area (Å²) in [6.45, 7) is 3.20. The van der Waals surface area contributed by atoms with Crippen LogP contribution in [0.25, 0.3) is 0 Å². The highest BCUT2D eigenvalue weighted by atomic mass is 79.9. The molecule has 6 nitrogen and oxygen atoms in total. The molecule has 0 saturated heterocycles. The quantitative estimate of drug-likeness (QED) is 0.441. The van der Waals surface area contributed by atoms with Gasteiger partial charge in [0.1, 0.15) is 17.5 Å². The molecule has 3 atom stereocenters. The minimum Gasteiger partial charge on any atom is -0.344 e. The second-order valence-corrected chi connectivity index (χ2v) is 11.4. The van der Waals surface area contributed by atoms with Crippen LogP contribution >= 0.6 is 15.9 Å². The number of hydrogen-bond donors (Lipinski definition) is 2. The minimum atomic E-state index is -5.13. The number of amides is 1. The van der Waals surface area contributed by atoms with Gasteiger partial charge in [-0.15, -0.1) is 0 Å². The van der Waals surface area contributed by atoms with Crippen molar-refractivity contribution < 1.29 is 35.6 Å². The van der Waals surface area contributed by atoms with Crippen molar-refractivity contribution in [3.05, 3.63) is 34.3 Å². The lowest BCUT2D eigenvalue weighted by Gasteiger charge is -2.37. The lowest BCUT2D eigenvalue weighted by Crippen LogP contribution is -2.62. The zero-order chi connectivity index (χ0) is 25.2. The molecule has 1 heterocycles. The molecule has 0 unspecified atom stereocenters. The number of carbonyl (C=O) groups excluding carboxylic acids is 2. The van der Waals surface area contributed by atoms with Crippen molar-refractivity contribution in [2.45, 2.75) is 56.7 Å². The Balaban J connectivity index is 2.77. The van der Waals surface area contributed by atoms with E-state index in [1.807, 2.05) is 5.92 Å². The van der Waals surface area contributed by atoms with Gasteiger partial charge in [-0.2, -0.15) is 13.2 Å². The van der Waals surface area contributed by atoms with Crippen molar-refractivity contribution in [2.24, 2.45) is 0 Å². The predicted molar refractivity (Wildman–Crippen MR) is 118 cm³/mol. The molecule has 182 valence electrons. The second-order valence-electron chi connectivity index (χ2n) is 8.40. The number of carbonyl (C=O) groups is 2. The average Bonchev–Trinajstić information content (AvgIpc) is 2.65. The highest BCUT2D eigenvalue weighted by molar-refractivity contribution is 9.10. The number of benzene rings is 1. The van der Waals surface area contributed by atoms with Gasteiger partial charge in [0.05, 0.1) is 11.8 Å². The molecule has 0 aliphatic carbocycles. The first-order valence-electron chi connectivity index (χ1n) is 9.76. The van der Waals surface area contributed by atoms with Gasteiger partial charge < -0.3 is 5.32 Å². The summed E-state index contributed by atoms with van der Waals surface area (Å²) in [7, 11) is -4.14. The maximum Gasteiger partial charge on any atom is 0.422 e. The number of sulfone groups is 1. The summed E-state index contributed by atoms with van der Waals surface area (Å²) in [5.41, 5.74) is -5.69. The van der Waals surface area contributed by atoms with Crippen LogP contribution in [0.15, 0.2) is 28.7 Å². The summed E-state index contributed by atoms with van der Waals surface area (Å²) in [6.07, 6.45) is -5.84. The van der Waals surface area contributed by atoms with Gasteiger partial charge in [-0.1, -0.05) is 39.9 Å². The van der Waals surface area contributed by atoms with E-state index in [0.717, 1.165) is 32.9 Å². The molecule has 12 heteroatoms. The van der Waals surface area contributed by atoms with Crippen molar-refractivity contribution in [3.63, 3.8) is 0 Å². The Labute approximate surface area is 197 Å². The first-order chi connectivity index (χ1) is 15.0. The van der Waals surface area contributed by atoms with Crippen LogP contribution in [0.1, 0.15) is 32.8 Å². The van der Waals surface area contributed by atoms with Crippen molar-refractivity contribution in [3.8, 4) is 11.8 Å². The monoisotopic (exact) mass is 554 g/mol. The molecule has 0 bridgehead atoms. The van der Waals surface area contributed by atoms with E-state index in [-0.39, 0.29) is 0 Å². The van der Waals surface area contributed by atoms with Crippen molar-refractivity contribution in [1.29, 1.82) is 0 Å². The molecule has 0 aromatic heterocycles. The van der Waals surface area contributed by atoms with Gasteiger partial charge in [-0.25, -0.2) is 12.8 Å². The summed E-state index contributed by atoms with van der Waals surface area (Å²) < 4.78 is 83.5. The maximum absolute atomic E-state index is 14.6. The molecule has 2 rings (SSSR count). The number of halogens is 5. The number of hydrogen-bond acceptors (Lipinski definition) is 5. The Morgan fingerprint density at radius 2 is 1.79 bits per heavy atom. The molecule has 0 saturated carbocycles. The Morgan fingerprint density at radius 3 is 2.27 bits per heavy atom. The van der Waals surface area contributed by atoms with Crippen LogP contribution in [-0.4, -0.2) is 55.5 Å². The van der Waals surface area contributed by atoms with Crippen LogP contribution in [0.4, 0.5) is 17.6 Å². The maximum atomic E-state index is 14.6. The third-order valence-electron chi connectivity index (χ3n) is 4.89. The van der Waals surface area contributed by atoms with Gasteiger partial charge in [0, 0.05) is 10.9 Å². The number of rotatable bonds is 4. The van der Waals surface area contributed by atoms with Crippen molar-refractivity contribution >= 4 is 37.5 Å². The molecule has 0 fully saturated rings. The van der Waals surface area contributed by atoms with Crippen LogP contribution in [0, 0.1) is 11.8 Å². The Hall–Kier alpha value is -1.97. The molecule has 0 spiro atoms. The highest BCUT2D eigenvalue weighted by Crippen LogP contribution is 2.40. The Bertz CT molecular complexity index is 1070. The van der Waals surface area contributed by atoms with E-state index in [1.54, 1.807) is 0 Å². The van der Waals surface area contributed by atoms with E-state index in [9.17, 15) is 35.6 Å². The molecular weight excluding hydrogens is 532 g/mol. The molecule has 1 aromatic carbocycles. The largest absolute Gasteiger partial charge is 0.422 e. The lowest BCUT2D eigenvalue weighted by atomic mass is 9.87. The smallest absolute Gasteiger partial charge is 0.344 e. The Morgan fingerprint density at radius 1 is 1.21 bits per heavy atom. The molecule has 1 aromatic rings. The van der Waals surface area contributed by atoms with Gasteiger partial charge in [-0.3, -0.25) is 14.9 Å². The fraction of sp³-hybridized carbons (Fsp3) is 0.524. The number of Topliss-reactive ketones (excluding diaryl/α,β-unsaturated/α-hetero) is 1. The third-order valence-corrected chi connectivity index (χ3v) is 6.85. The van der Waals surface area contributed by atoms with E-state index in [2.05, 4.69) is 32.5 Å². The van der Waals surface area contributed by atoms with E-state index in [1.165, 1.54) is 12.1 Å². The summed E-state index contributed by atoms with van der Waals surface area (Å²) in [6, 6.07) is 1.57. The molecular formula is C21H23BrF4N2O4S. The average molecular weight is 555 g/mol. The minimum absolute atomic E-state index is 0.417. The standard InChI is InChI=1S/C21H23BrF4N2O4S/c1-13(29)17-12-33(31,32)10-4-9-20(21(24,25)26,14-5-7-15(22)8-6-14)28-16(18(30)27-17)11-19(2,3)23/h5-8,16-17,28H,10-12H2,1-3H3,(H,27,30)/t16-,17-,20-/m0/s1. The third kappa shape index (κ3) is 7.01. The zero-order valence-electron chi connectivity index (χ0n) is 18.0. The van der Waals surface area contributed by atoms with Gasteiger partial charge >= 0.3 is 6.18 Å². The molecule has 0 radical (unpaired) electrons. The number of nitrogens with one attached hydrogen (secondary N) is 2. The predicted octanol–water partition coefficient (Wildman–Crippen LogP) is 2.81. The molecule has 1 aliphatic rings. The van der Waals surface area contributed by atoms with Gasteiger partial charge in [0.25, 0.3) is 0 Å². The number of alkyl halides is 4. The molecule has 1 aliphatic heterocycles. The first-order valence-corrected chi connectivity index (χ1v) is 12.4. The lowest BCUT2D eigenvalue weighted by molar-refractivity contribution is -0.185. The van der Waals surface area contributed by atoms with E-state index in [0.29, 0.717) is 4.47 Å². The SMILES string of the molecule is CC(=O)[C@@H]1CS(=O)(=O)CC#C[C@](c2ccc(Br)cc2)(C(F)(F)F)N[C@@H](CC(C)(C)F)C(=O)N1. The topological polar surface area (TPSA) is 92.3 Å². The van der Waals surface area contributed by atoms with E-state index >= 15 is 0 Å². The Kier molecular flexibility index (Phi) is 8.03. The van der Waals surface area contributed by atoms with E-state index in [4.69, 9.17) is 0 Å².